The van der Waals surface area contributed by atoms with Crippen molar-refractivity contribution in [2.24, 2.45) is 0 Å². The molecule has 0 bridgehead atoms. The molecule has 0 aliphatic rings. The molecule has 0 aromatic heterocycles. The molecule has 0 aliphatic carbocycles. The number of halogens is 2. The zero-order valence-electron chi connectivity index (χ0n) is 10.6. The first-order valence-corrected chi connectivity index (χ1v) is 7.44. The Kier molecular flexibility index (Phi) is 5.44. The van der Waals surface area contributed by atoms with Crippen LogP contribution in [0.1, 0.15) is 10.4 Å². The van der Waals surface area contributed by atoms with E-state index in [0.717, 1.165) is 16.7 Å². The summed E-state index contributed by atoms with van der Waals surface area (Å²) in [7, 11) is 0. The van der Waals surface area contributed by atoms with Crippen LogP contribution in [-0.4, -0.2) is 18.2 Å². The number of benzene rings is 2. The summed E-state index contributed by atoms with van der Waals surface area (Å²) in [6.07, 6.45) is 0. The Balaban J connectivity index is 1.80. The maximum atomic E-state index is 13.5. The van der Waals surface area contributed by atoms with Crippen LogP contribution in [0.25, 0.3) is 0 Å². The average molecular weight is 310 g/mol. The SMILES string of the molecule is O=C(NCCSc1ccccc1)c1ccc(Cl)cc1F. The number of carbonyl (C=O) groups excluding carboxylic acids is 1. The monoisotopic (exact) mass is 309 g/mol. The van der Waals surface area contributed by atoms with Crippen molar-refractivity contribution >= 4 is 29.3 Å². The molecule has 2 aromatic carbocycles. The second kappa shape index (κ2) is 7.31. The standard InChI is InChI=1S/C15H13ClFNOS/c16-11-6-7-13(14(17)10-11)15(19)18-8-9-20-12-4-2-1-3-5-12/h1-7,10H,8-9H2,(H,18,19). The Morgan fingerprint density at radius 2 is 1.95 bits per heavy atom. The van der Waals surface area contributed by atoms with Gasteiger partial charge in [0.2, 0.25) is 0 Å². The first kappa shape index (κ1) is 14.9. The Hall–Kier alpha value is -1.52. The summed E-state index contributed by atoms with van der Waals surface area (Å²) in [6, 6.07) is 13.9. The minimum Gasteiger partial charge on any atom is -0.351 e. The maximum absolute atomic E-state index is 13.5. The molecule has 0 atom stereocenters. The fraction of sp³-hybridized carbons (Fsp3) is 0.133. The predicted molar refractivity (Wildman–Crippen MR) is 80.9 cm³/mol. The summed E-state index contributed by atoms with van der Waals surface area (Å²) in [5.41, 5.74) is 0.0131. The van der Waals surface area contributed by atoms with Crippen LogP contribution in [0.15, 0.2) is 53.4 Å². The van der Waals surface area contributed by atoms with E-state index in [1.54, 1.807) is 11.8 Å². The van der Waals surface area contributed by atoms with Crippen LogP contribution in [0, 0.1) is 5.82 Å². The number of hydrogen-bond acceptors (Lipinski definition) is 2. The largest absolute Gasteiger partial charge is 0.351 e. The molecule has 0 fully saturated rings. The van der Waals surface area contributed by atoms with Gasteiger partial charge < -0.3 is 5.32 Å². The molecule has 0 spiro atoms. The lowest BCUT2D eigenvalue weighted by molar-refractivity contribution is 0.0952. The second-order valence-electron chi connectivity index (χ2n) is 4.04. The normalized spacial score (nSPS) is 10.3. The van der Waals surface area contributed by atoms with E-state index >= 15 is 0 Å². The van der Waals surface area contributed by atoms with E-state index < -0.39 is 11.7 Å². The summed E-state index contributed by atoms with van der Waals surface area (Å²) >= 11 is 7.28. The van der Waals surface area contributed by atoms with Crippen molar-refractivity contribution in [3.05, 3.63) is 64.9 Å². The van der Waals surface area contributed by atoms with Crippen LogP contribution in [0.4, 0.5) is 4.39 Å². The van der Waals surface area contributed by atoms with Crippen molar-refractivity contribution in [2.75, 3.05) is 12.3 Å². The van der Waals surface area contributed by atoms with Gasteiger partial charge in [-0.1, -0.05) is 29.8 Å². The quantitative estimate of drug-likeness (QED) is 0.668. The van der Waals surface area contributed by atoms with Crippen molar-refractivity contribution < 1.29 is 9.18 Å². The molecule has 0 saturated heterocycles. The van der Waals surface area contributed by atoms with E-state index in [1.165, 1.54) is 12.1 Å². The van der Waals surface area contributed by atoms with Crippen LogP contribution in [0.5, 0.6) is 0 Å². The number of carbonyl (C=O) groups is 1. The van der Waals surface area contributed by atoms with Crippen molar-refractivity contribution in [1.29, 1.82) is 0 Å². The molecule has 20 heavy (non-hydrogen) atoms. The summed E-state index contributed by atoms with van der Waals surface area (Å²) in [4.78, 5) is 12.9. The van der Waals surface area contributed by atoms with Gasteiger partial charge in [0.05, 0.1) is 5.56 Å². The zero-order chi connectivity index (χ0) is 14.4. The molecule has 2 rings (SSSR count). The Morgan fingerprint density at radius 3 is 2.65 bits per heavy atom. The summed E-state index contributed by atoms with van der Waals surface area (Å²) in [6.45, 7) is 0.473. The van der Waals surface area contributed by atoms with Crippen LogP contribution in [-0.2, 0) is 0 Å². The molecule has 0 heterocycles. The molecule has 2 aromatic rings. The minimum absolute atomic E-state index is 0.0131. The molecule has 0 radical (unpaired) electrons. The third-order valence-electron chi connectivity index (χ3n) is 2.58. The molecular weight excluding hydrogens is 297 g/mol. The third kappa shape index (κ3) is 4.25. The van der Waals surface area contributed by atoms with Gasteiger partial charge >= 0.3 is 0 Å². The first-order chi connectivity index (χ1) is 9.66. The maximum Gasteiger partial charge on any atom is 0.254 e. The molecule has 2 nitrogen and oxygen atoms in total. The van der Waals surface area contributed by atoms with Gasteiger partial charge in [0, 0.05) is 22.2 Å². The molecule has 104 valence electrons. The molecule has 1 N–H and O–H groups in total. The van der Waals surface area contributed by atoms with Gasteiger partial charge in [0.25, 0.3) is 5.91 Å². The average Bonchev–Trinajstić information content (AvgIpc) is 2.44. The zero-order valence-corrected chi connectivity index (χ0v) is 12.2. The van der Waals surface area contributed by atoms with E-state index in [1.807, 2.05) is 30.3 Å². The lowest BCUT2D eigenvalue weighted by Gasteiger charge is -2.06. The Bertz CT molecular complexity index is 592. The van der Waals surface area contributed by atoms with E-state index in [2.05, 4.69) is 5.32 Å². The van der Waals surface area contributed by atoms with Gasteiger partial charge in [-0.2, -0.15) is 0 Å². The van der Waals surface area contributed by atoms with E-state index in [0.29, 0.717) is 6.54 Å². The molecule has 0 saturated carbocycles. The molecule has 0 aliphatic heterocycles. The Labute approximate surface area is 126 Å². The van der Waals surface area contributed by atoms with Crippen LogP contribution >= 0.6 is 23.4 Å². The first-order valence-electron chi connectivity index (χ1n) is 6.08. The second-order valence-corrected chi connectivity index (χ2v) is 5.65. The smallest absolute Gasteiger partial charge is 0.254 e. The highest BCUT2D eigenvalue weighted by molar-refractivity contribution is 7.99. The third-order valence-corrected chi connectivity index (χ3v) is 3.82. The van der Waals surface area contributed by atoms with Gasteiger partial charge in [-0.3, -0.25) is 4.79 Å². The molecule has 5 heteroatoms. The molecular formula is C15H13ClFNOS. The lowest BCUT2D eigenvalue weighted by atomic mass is 10.2. The topological polar surface area (TPSA) is 29.1 Å². The highest BCUT2D eigenvalue weighted by atomic mass is 35.5. The molecule has 0 unspecified atom stereocenters. The number of thioether (sulfide) groups is 1. The van der Waals surface area contributed by atoms with Gasteiger partial charge in [-0.25, -0.2) is 4.39 Å². The number of hydrogen-bond donors (Lipinski definition) is 1. The highest BCUT2D eigenvalue weighted by Crippen LogP contribution is 2.16. The fourth-order valence-corrected chi connectivity index (χ4v) is 2.57. The van der Waals surface area contributed by atoms with E-state index in [4.69, 9.17) is 11.6 Å². The molecule has 1 amide bonds. The fourth-order valence-electron chi connectivity index (χ4n) is 1.62. The van der Waals surface area contributed by atoms with Gasteiger partial charge in [-0.15, -0.1) is 11.8 Å². The van der Waals surface area contributed by atoms with Crippen molar-refractivity contribution in [3.63, 3.8) is 0 Å². The summed E-state index contributed by atoms with van der Waals surface area (Å²) < 4.78 is 13.5. The van der Waals surface area contributed by atoms with Crippen LogP contribution in [0.2, 0.25) is 5.02 Å². The highest BCUT2D eigenvalue weighted by Gasteiger charge is 2.11. The lowest BCUT2D eigenvalue weighted by Crippen LogP contribution is -2.26. The van der Waals surface area contributed by atoms with Crippen LogP contribution < -0.4 is 5.32 Å². The van der Waals surface area contributed by atoms with E-state index in [9.17, 15) is 9.18 Å². The van der Waals surface area contributed by atoms with Crippen molar-refractivity contribution in [1.82, 2.24) is 5.32 Å². The van der Waals surface area contributed by atoms with Crippen molar-refractivity contribution in [2.45, 2.75) is 4.90 Å². The van der Waals surface area contributed by atoms with Gasteiger partial charge in [0.1, 0.15) is 5.82 Å². The summed E-state index contributed by atoms with van der Waals surface area (Å²) in [5.74, 6) is -0.302. The Morgan fingerprint density at radius 1 is 1.20 bits per heavy atom. The minimum atomic E-state index is -0.606. The van der Waals surface area contributed by atoms with Gasteiger partial charge in [-0.05, 0) is 30.3 Å². The number of rotatable bonds is 5. The van der Waals surface area contributed by atoms with Gasteiger partial charge in [0.15, 0.2) is 0 Å². The predicted octanol–water partition coefficient (Wildman–Crippen LogP) is 4.00. The number of nitrogens with one attached hydrogen (secondary N) is 1. The van der Waals surface area contributed by atoms with Crippen molar-refractivity contribution in [3.8, 4) is 0 Å². The number of amides is 1. The summed E-state index contributed by atoms with van der Waals surface area (Å²) in [5, 5.41) is 2.96. The van der Waals surface area contributed by atoms with E-state index in [-0.39, 0.29) is 10.6 Å². The van der Waals surface area contributed by atoms with Crippen LogP contribution in [0.3, 0.4) is 0 Å².